The molecule has 2 aliphatic heterocycles. The highest BCUT2D eigenvalue weighted by molar-refractivity contribution is 5.95. The topological polar surface area (TPSA) is 96.2 Å². The molecule has 172 valence electrons. The third kappa shape index (κ3) is 4.88. The van der Waals surface area contributed by atoms with Crippen LogP contribution in [0.1, 0.15) is 25.7 Å². The molecule has 2 aliphatic rings. The molecule has 1 aromatic carbocycles. The van der Waals surface area contributed by atoms with E-state index in [-0.39, 0.29) is 17.7 Å². The summed E-state index contributed by atoms with van der Waals surface area (Å²) in [6.45, 7) is 3.82. The van der Waals surface area contributed by atoms with Crippen LogP contribution in [0.2, 0.25) is 0 Å². The molecule has 3 aromatic rings. The molecule has 9 heteroatoms. The number of amides is 2. The van der Waals surface area contributed by atoms with E-state index in [4.69, 9.17) is 0 Å². The number of anilines is 1. The van der Waals surface area contributed by atoms with Crippen LogP contribution in [-0.2, 0) is 16.6 Å². The van der Waals surface area contributed by atoms with Crippen LogP contribution >= 0.6 is 0 Å². The van der Waals surface area contributed by atoms with Crippen molar-refractivity contribution >= 4 is 28.4 Å². The van der Waals surface area contributed by atoms with Gasteiger partial charge in [-0.15, -0.1) is 5.10 Å². The monoisotopic (exact) mass is 447 g/mol. The van der Waals surface area contributed by atoms with Gasteiger partial charge in [0.1, 0.15) is 11.5 Å². The zero-order valence-electron chi connectivity index (χ0n) is 18.9. The predicted octanol–water partition coefficient (Wildman–Crippen LogP) is 2.30. The Morgan fingerprint density at radius 3 is 2.58 bits per heavy atom. The van der Waals surface area contributed by atoms with E-state index in [0.29, 0.717) is 38.3 Å². The second kappa shape index (κ2) is 9.27. The lowest BCUT2D eigenvalue weighted by molar-refractivity contribution is -0.135. The van der Waals surface area contributed by atoms with Gasteiger partial charge in [-0.3, -0.25) is 19.2 Å². The number of fused-ring (bicyclic) bond motifs is 1. The molecular weight excluding hydrogens is 418 g/mol. The van der Waals surface area contributed by atoms with Gasteiger partial charge in [0.05, 0.1) is 12.7 Å². The molecule has 2 fully saturated rings. The van der Waals surface area contributed by atoms with Crippen LogP contribution in [0, 0.1) is 5.92 Å². The number of aromatic nitrogens is 4. The summed E-state index contributed by atoms with van der Waals surface area (Å²) < 4.78 is 1.67. The Morgan fingerprint density at radius 1 is 1.06 bits per heavy atom. The molecule has 0 atom stereocenters. The summed E-state index contributed by atoms with van der Waals surface area (Å²) in [7, 11) is 1.84. The number of carbonyl (C=O) groups excluding carboxylic acids is 2. The number of pyridine rings is 1. The number of carbonyl (C=O) groups is 2. The molecule has 9 nitrogen and oxygen atoms in total. The van der Waals surface area contributed by atoms with Crippen LogP contribution in [-0.4, -0.2) is 74.3 Å². The standard InChI is InChI=1S/C24H29N7O2/c1-29-15-21(27-28-29)18-4-5-19-14-25-22(13-20(19)12-18)26-24(33)17-6-10-31(11-7-17)23(32)16-30-8-2-3-9-30/h4-5,12-15,17H,2-3,6-11,16H2,1H3,(H,25,26,33). The van der Waals surface area contributed by atoms with Crippen LogP contribution in [0.5, 0.6) is 0 Å². The van der Waals surface area contributed by atoms with Crippen LogP contribution in [0.25, 0.3) is 22.0 Å². The molecule has 2 aromatic heterocycles. The van der Waals surface area contributed by atoms with Crippen molar-refractivity contribution in [2.75, 3.05) is 38.0 Å². The first-order valence-electron chi connectivity index (χ1n) is 11.6. The second-order valence-electron chi connectivity index (χ2n) is 9.04. The van der Waals surface area contributed by atoms with Crippen molar-refractivity contribution in [2.45, 2.75) is 25.7 Å². The van der Waals surface area contributed by atoms with Gasteiger partial charge in [-0.2, -0.15) is 0 Å². The third-order valence-electron chi connectivity index (χ3n) is 6.65. The molecule has 5 rings (SSSR count). The third-order valence-corrected chi connectivity index (χ3v) is 6.65. The quantitative estimate of drug-likeness (QED) is 0.645. The number of hydrogen-bond acceptors (Lipinski definition) is 6. The molecule has 0 saturated carbocycles. The average molecular weight is 448 g/mol. The van der Waals surface area contributed by atoms with E-state index in [2.05, 4.69) is 25.5 Å². The lowest BCUT2D eigenvalue weighted by atomic mass is 9.96. The number of nitrogens with one attached hydrogen (secondary N) is 1. The molecule has 0 spiro atoms. The number of benzene rings is 1. The van der Waals surface area contributed by atoms with E-state index in [1.165, 1.54) is 12.8 Å². The Kier molecular flexibility index (Phi) is 6.04. The molecule has 2 saturated heterocycles. The molecule has 0 aliphatic carbocycles. The summed E-state index contributed by atoms with van der Waals surface area (Å²) in [5.41, 5.74) is 1.76. The molecule has 2 amide bonds. The number of nitrogens with zero attached hydrogens (tertiary/aromatic N) is 6. The normalized spacial score (nSPS) is 17.5. The van der Waals surface area contributed by atoms with Gasteiger partial charge in [-0.1, -0.05) is 17.3 Å². The first-order chi connectivity index (χ1) is 16.0. The summed E-state index contributed by atoms with van der Waals surface area (Å²) in [4.78, 5) is 34.0. The van der Waals surface area contributed by atoms with Crippen molar-refractivity contribution in [1.29, 1.82) is 0 Å². The van der Waals surface area contributed by atoms with E-state index in [1.807, 2.05) is 42.4 Å². The van der Waals surface area contributed by atoms with E-state index < -0.39 is 0 Å². The lowest BCUT2D eigenvalue weighted by Crippen LogP contribution is -2.45. The minimum absolute atomic E-state index is 0.0291. The lowest BCUT2D eigenvalue weighted by Gasteiger charge is -2.32. The highest BCUT2D eigenvalue weighted by Gasteiger charge is 2.28. The van der Waals surface area contributed by atoms with Crippen molar-refractivity contribution in [3.63, 3.8) is 0 Å². The second-order valence-corrected chi connectivity index (χ2v) is 9.04. The Bertz CT molecular complexity index is 1160. The Balaban J connectivity index is 1.19. The van der Waals surface area contributed by atoms with E-state index in [9.17, 15) is 9.59 Å². The summed E-state index contributed by atoms with van der Waals surface area (Å²) in [6, 6.07) is 7.90. The van der Waals surface area contributed by atoms with Gasteiger partial charge in [-0.25, -0.2) is 4.98 Å². The largest absolute Gasteiger partial charge is 0.342 e. The fourth-order valence-electron chi connectivity index (χ4n) is 4.70. The molecule has 1 N–H and O–H groups in total. The summed E-state index contributed by atoms with van der Waals surface area (Å²) in [6.07, 6.45) is 7.36. The average Bonchev–Trinajstić information content (AvgIpc) is 3.50. The van der Waals surface area contributed by atoms with Gasteiger partial charge in [0, 0.05) is 43.2 Å². The molecule has 33 heavy (non-hydrogen) atoms. The Morgan fingerprint density at radius 2 is 1.85 bits per heavy atom. The van der Waals surface area contributed by atoms with Crippen LogP contribution < -0.4 is 5.32 Å². The molecule has 4 heterocycles. The summed E-state index contributed by atoms with van der Waals surface area (Å²) >= 11 is 0. The maximum atomic E-state index is 12.9. The first kappa shape index (κ1) is 21.5. The smallest absolute Gasteiger partial charge is 0.236 e. The minimum atomic E-state index is -0.107. The number of piperidine rings is 1. The zero-order valence-corrected chi connectivity index (χ0v) is 18.9. The Labute approximate surface area is 192 Å². The van der Waals surface area contributed by atoms with Crippen molar-refractivity contribution < 1.29 is 9.59 Å². The molecule has 0 radical (unpaired) electrons. The van der Waals surface area contributed by atoms with Crippen molar-refractivity contribution in [3.05, 3.63) is 36.7 Å². The zero-order chi connectivity index (χ0) is 22.8. The van der Waals surface area contributed by atoms with E-state index in [1.54, 1.807) is 10.9 Å². The summed E-state index contributed by atoms with van der Waals surface area (Å²) in [5, 5.41) is 13.1. The van der Waals surface area contributed by atoms with Crippen molar-refractivity contribution in [3.8, 4) is 11.3 Å². The number of likely N-dealkylation sites (tertiary alicyclic amines) is 2. The van der Waals surface area contributed by atoms with Crippen molar-refractivity contribution in [2.24, 2.45) is 13.0 Å². The molecule has 0 unspecified atom stereocenters. The number of rotatable bonds is 5. The fourth-order valence-corrected chi connectivity index (χ4v) is 4.70. The Hall–Kier alpha value is -3.33. The van der Waals surface area contributed by atoms with E-state index >= 15 is 0 Å². The van der Waals surface area contributed by atoms with Gasteiger partial charge in [0.15, 0.2) is 0 Å². The van der Waals surface area contributed by atoms with Gasteiger partial charge in [0.25, 0.3) is 0 Å². The maximum Gasteiger partial charge on any atom is 0.236 e. The first-order valence-corrected chi connectivity index (χ1v) is 11.6. The SMILES string of the molecule is Cn1cc(-c2ccc3cnc(NC(=O)C4CCN(C(=O)CN5CCCC5)CC4)cc3c2)nn1. The number of aryl methyl sites for hydroxylation is 1. The molecule has 0 bridgehead atoms. The van der Waals surface area contributed by atoms with Crippen LogP contribution in [0.15, 0.2) is 36.7 Å². The fraction of sp³-hybridized carbons (Fsp3) is 0.458. The highest BCUT2D eigenvalue weighted by Crippen LogP contribution is 2.25. The summed E-state index contributed by atoms with van der Waals surface area (Å²) in [5.74, 6) is 0.588. The van der Waals surface area contributed by atoms with E-state index in [0.717, 1.165) is 35.1 Å². The van der Waals surface area contributed by atoms with Crippen LogP contribution in [0.4, 0.5) is 5.82 Å². The number of hydrogen-bond donors (Lipinski definition) is 1. The van der Waals surface area contributed by atoms with Gasteiger partial charge < -0.3 is 10.2 Å². The minimum Gasteiger partial charge on any atom is -0.342 e. The van der Waals surface area contributed by atoms with Gasteiger partial charge in [-0.05, 0) is 56.3 Å². The molecular formula is C24H29N7O2. The van der Waals surface area contributed by atoms with Crippen LogP contribution in [0.3, 0.4) is 0 Å². The van der Waals surface area contributed by atoms with Gasteiger partial charge >= 0.3 is 0 Å². The highest BCUT2D eigenvalue weighted by atomic mass is 16.2. The van der Waals surface area contributed by atoms with Crippen molar-refractivity contribution in [1.82, 2.24) is 29.8 Å². The predicted molar refractivity (Wildman–Crippen MR) is 125 cm³/mol. The maximum absolute atomic E-state index is 12.9. The van der Waals surface area contributed by atoms with Gasteiger partial charge in [0.2, 0.25) is 11.8 Å².